The van der Waals surface area contributed by atoms with Crippen molar-refractivity contribution >= 4 is 18.2 Å². The zero-order valence-electron chi connectivity index (χ0n) is 18.3. The molecule has 0 aliphatic carbocycles. The second-order valence-corrected chi connectivity index (χ2v) is 6.92. The lowest BCUT2D eigenvalue weighted by molar-refractivity contribution is -0.143. The first-order valence-electron chi connectivity index (χ1n) is 10.6. The van der Waals surface area contributed by atoms with Gasteiger partial charge in [0, 0.05) is 19.6 Å². The monoisotopic (exact) mass is 442 g/mol. The minimum Gasteiger partial charge on any atom is -0.466 e. The first kappa shape index (κ1) is 24.7. The molecule has 2 amide bonds. The molecule has 0 saturated heterocycles. The lowest BCUT2D eigenvalue weighted by Crippen LogP contribution is -2.36. The third kappa shape index (κ3) is 9.97. The number of alkyl carbamates (subject to hydrolysis) is 1. The standard InChI is InChI=1S/C24H30N2O6/c1-2-30-22(27)14-17-26(24(29)32-19-21-12-7-4-8-13-21)16-9-15-25-23(28)31-18-20-10-5-3-6-11-20/h3-8,10-13H,2,9,14-19H2,1H3,(H,25,28). The lowest BCUT2D eigenvalue weighted by atomic mass is 10.2. The molecule has 0 fully saturated rings. The van der Waals surface area contributed by atoms with E-state index in [0.717, 1.165) is 11.1 Å². The van der Waals surface area contributed by atoms with Gasteiger partial charge in [-0.2, -0.15) is 0 Å². The van der Waals surface area contributed by atoms with Crippen LogP contribution >= 0.6 is 0 Å². The normalized spacial score (nSPS) is 10.2. The maximum Gasteiger partial charge on any atom is 0.410 e. The minimum atomic E-state index is -0.529. The topological polar surface area (TPSA) is 94.2 Å². The van der Waals surface area contributed by atoms with Crippen LogP contribution in [0.4, 0.5) is 9.59 Å². The zero-order valence-corrected chi connectivity index (χ0v) is 18.3. The number of hydrogen-bond acceptors (Lipinski definition) is 6. The van der Waals surface area contributed by atoms with Crippen LogP contribution in [-0.2, 0) is 32.2 Å². The van der Waals surface area contributed by atoms with Gasteiger partial charge in [0.15, 0.2) is 0 Å². The Labute approximate surface area is 188 Å². The average Bonchev–Trinajstić information content (AvgIpc) is 2.82. The van der Waals surface area contributed by atoms with E-state index < -0.39 is 12.2 Å². The molecule has 0 bridgehead atoms. The molecule has 2 aromatic rings. The third-order valence-corrected chi connectivity index (χ3v) is 4.44. The van der Waals surface area contributed by atoms with Crippen molar-refractivity contribution in [1.29, 1.82) is 0 Å². The van der Waals surface area contributed by atoms with E-state index in [2.05, 4.69) is 5.32 Å². The Morgan fingerprint density at radius 2 is 1.41 bits per heavy atom. The molecule has 0 unspecified atom stereocenters. The molecule has 172 valence electrons. The van der Waals surface area contributed by atoms with Crippen LogP contribution in [0, 0.1) is 0 Å². The Hall–Kier alpha value is -3.55. The third-order valence-electron chi connectivity index (χ3n) is 4.44. The van der Waals surface area contributed by atoms with Gasteiger partial charge in [-0.1, -0.05) is 60.7 Å². The molecule has 8 nitrogen and oxygen atoms in total. The van der Waals surface area contributed by atoms with Crippen LogP contribution in [0.3, 0.4) is 0 Å². The highest BCUT2D eigenvalue weighted by atomic mass is 16.6. The van der Waals surface area contributed by atoms with E-state index in [1.54, 1.807) is 6.92 Å². The van der Waals surface area contributed by atoms with Crippen molar-refractivity contribution in [3.8, 4) is 0 Å². The molecule has 32 heavy (non-hydrogen) atoms. The number of hydrogen-bond donors (Lipinski definition) is 1. The van der Waals surface area contributed by atoms with Crippen molar-refractivity contribution in [2.75, 3.05) is 26.2 Å². The van der Waals surface area contributed by atoms with E-state index in [-0.39, 0.29) is 38.8 Å². The quantitative estimate of drug-likeness (QED) is 0.304. The molecule has 0 aliphatic rings. The summed E-state index contributed by atoms with van der Waals surface area (Å²) in [6.45, 7) is 3.13. The number of carbonyl (C=O) groups excluding carboxylic acids is 3. The number of nitrogens with zero attached hydrogens (tertiary/aromatic N) is 1. The summed E-state index contributed by atoms with van der Waals surface area (Å²) in [4.78, 5) is 37.5. The van der Waals surface area contributed by atoms with Crippen molar-refractivity contribution < 1.29 is 28.6 Å². The van der Waals surface area contributed by atoms with Crippen LogP contribution in [0.1, 0.15) is 30.9 Å². The van der Waals surface area contributed by atoms with Crippen LogP contribution in [0.2, 0.25) is 0 Å². The second kappa shape index (κ2) is 14.5. The Balaban J connectivity index is 1.75. The summed E-state index contributed by atoms with van der Waals surface area (Å²) < 4.78 is 15.5. The van der Waals surface area contributed by atoms with Gasteiger partial charge in [-0.3, -0.25) is 4.79 Å². The van der Waals surface area contributed by atoms with Crippen molar-refractivity contribution in [1.82, 2.24) is 10.2 Å². The first-order chi connectivity index (χ1) is 15.6. The van der Waals surface area contributed by atoms with Crippen molar-refractivity contribution in [3.05, 3.63) is 71.8 Å². The zero-order chi connectivity index (χ0) is 23.0. The summed E-state index contributed by atoms with van der Waals surface area (Å²) in [5, 5.41) is 2.66. The highest BCUT2D eigenvalue weighted by Crippen LogP contribution is 2.06. The fourth-order valence-electron chi connectivity index (χ4n) is 2.80. The molecular weight excluding hydrogens is 412 g/mol. The van der Waals surface area contributed by atoms with E-state index in [4.69, 9.17) is 14.2 Å². The summed E-state index contributed by atoms with van der Waals surface area (Å²) in [6, 6.07) is 18.7. The van der Waals surface area contributed by atoms with E-state index in [9.17, 15) is 14.4 Å². The fraction of sp³-hybridized carbons (Fsp3) is 0.375. The van der Waals surface area contributed by atoms with Crippen LogP contribution < -0.4 is 5.32 Å². The van der Waals surface area contributed by atoms with Crippen LogP contribution in [0.15, 0.2) is 60.7 Å². The Kier molecular flexibility index (Phi) is 11.2. The molecule has 0 saturated carbocycles. The summed E-state index contributed by atoms with van der Waals surface area (Å²) in [5.41, 5.74) is 1.77. The van der Waals surface area contributed by atoms with E-state index in [0.29, 0.717) is 19.5 Å². The summed E-state index contributed by atoms with van der Waals surface area (Å²) in [5.74, 6) is -0.379. The molecule has 0 atom stereocenters. The SMILES string of the molecule is CCOC(=O)CCN(CCCNC(=O)OCc1ccccc1)C(=O)OCc1ccccc1. The number of ether oxygens (including phenoxy) is 3. The molecule has 0 radical (unpaired) electrons. The van der Waals surface area contributed by atoms with Gasteiger partial charge in [0.05, 0.1) is 13.0 Å². The van der Waals surface area contributed by atoms with E-state index in [1.165, 1.54) is 4.90 Å². The molecule has 2 aromatic carbocycles. The van der Waals surface area contributed by atoms with Gasteiger partial charge in [0.25, 0.3) is 0 Å². The molecule has 0 heterocycles. The Morgan fingerprint density at radius 3 is 2.00 bits per heavy atom. The highest BCUT2D eigenvalue weighted by molar-refractivity contribution is 5.72. The average molecular weight is 443 g/mol. The smallest absolute Gasteiger partial charge is 0.410 e. The van der Waals surface area contributed by atoms with Crippen LogP contribution in [0.25, 0.3) is 0 Å². The van der Waals surface area contributed by atoms with Gasteiger partial charge in [0.1, 0.15) is 13.2 Å². The number of nitrogens with one attached hydrogen (secondary N) is 1. The molecule has 0 aliphatic heterocycles. The predicted octanol–water partition coefficient (Wildman–Crippen LogP) is 3.89. The largest absolute Gasteiger partial charge is 0.466 e. The van der Waals surface area contributed by atoms with Crippen LogP contribution in [0.5, 0.6) is 0 Å². The predicted molar refractivity (Wildman–Crippen MR) is 119 cm³/mol. The summed E-state index contributed by atoms with van der Waals surface area (Å²) in [6.07, 6.45) is -0.506. The summed E-state index contributed by atoms with van der Waals surface area (Å²) in [7, 11) is 0. The molecule has 1 N–H and O–H groups in total. The second-order valence-electron chi connectivity index (χ2n) is 6.92. The van der Waals surface area contributed by atoms with Gasteiger partial charge in [-0.05, 0) is 24.5 Å². The van der Waals surface area contributed by atoms with Crippen molar-refractivity contribution in [2.45, 2.75) is 33.0 Å². The Bertz CT molecular complexity index is 829. The summed E-state index contributed by atoms with van der Waals surface area (Å²) >= 11 is 0. The lowest BCUT2D eigenvalue weighted by Gasteiger charge is -2.22. The minimum absolute atomic E-state index is 0.0703. The van der Waals surface area contributed by atoms with Crippen LogP contribution in [-0.4, -0.2) is 49.3 Å². The van der Waals surface area contributed by atoms with Gasteiger partial charge in [-0.15, -0.1) is 0 Å². The number of carbonyl (C=O) groups is 3. The molecule has 0 aromatic heterocycles. The first-order valence-corrected chi connectivity index (χ1v) is 10.6. The number of amides is 2. The maximum atomic E-state index is 12.5. The molecular formula is C24H30N2O6. The number of rotatable bonds is 12. The molecule has 8 heteroatoms. The molecule has 2 rings (SSSR count). The van der Waals surface area contributed by atoms with Crippen molar-refractivity contribution in [2.24, 2.45) is 0 Å². The Morgan fingerprint density at radius 1 is 0.812 bits per heavy atom. The number of esters is 1. The highest BCUT2D eigenvalue weighted by Gasteiger charge is 2.17. The van der Waals surface area contributed by atoms with E-state index in [1.807, 2.05) is 60.7 Å². The number of benzene rings is 2. The van der Waals surface area contributed by atoms with E-state index >= 15 is 0 Å². The maximum absolute atomic E-state index is 12.5. The fourth-order valence-corrected chi connectivity index (χ4v) is 2.80. The van der Waals surface area contributed by atoms with Crippen molar-refractivity contribution in [3.63, 3.8) is 0 Å². The van der Waals surface area contributed by atoms with Gasteiger partial charge < -0.3 is 24.4 Å². The van der Waals surface area contributed by atoms with Gasteiger partial charge >= 0.3 is 18.2 Å². The van der Waals surface area contributed by atoms with Gasteiger partial charge in [-0.25, -0.2) is 9.59 Å². The van der Waals surface area contributed by atoms with Gasteiger partial charge in [0.2, 0.25) is 0 Å². The molecule has 0 spiro atoms.